The fourth-order valence-electron chi connectivity index (χ4n) is 4.70. The fraction of sp³-hybridized carbons (Fsp3) is 0.367. The van der Waals surface area contributed by atoms with Gasteiger partial charge < -0.3 is 19.0 Å². The molecule has 0 radical (unpaired) electrons. The maximum atomic E-state index is 13.6. The van der Waals surface area contributed by atoms with Gasteiger partial charge in [0.15, 0.2) is 5.76 Å². The third-order valence-electron chi connectivity index (χ3n) is 6.69. The Balaban J connectivity index is 1.60. The number of hydrogen-bond donors (Lipinski definition) is 1. The molecule has 2 amide bonds. The lowest BCUT2D eigenvalue weighted by molar-refractivity contribution is -0.137. The average molecular weight is 520 g/mol. The van der Waals surface area contributed by atoms with Crippen LogP contribution in [0.25, 0.3) is 11.1 Å². The van der Waals surface area contributed by atoms with E-state index in [1.807, 2.05) is 37.3 Å². The van der Waals surface area contributed by atoms with Crippen LogP contribution in [0.1, 0.15) is 59.2 Å². The molecule has 1 fully saturated rings. The highest BCUT2D eigenvalue weighted by atomic mass is 16.6. The number of Topliss-reactive ketones (excluding diaryl/α,β-unsaturated/α-hetero) is 1. The van der Waals surface area contributed by atoms with Crippen LogP contribution in [-0.4, -0.2) is 54.2 Å². The molecule has 3 aromatic rings. The molecule has 1 saturated heterocycles. The van der Waals surface area contributed by atoms with E-state index in [9.17, 15) is 14.4 Å². The predicted octanol–water partition coefficient (Wildman–Crippen LogP) is 5.27. The van der Waals surface area contributed by atoms with Crippen molar-refractivity contribution in [2.75, 3.05) is 20.3 Å². The molecule has 2 aromatic carbocycles. The van der Waals surface area contributed by atoms with E-state index in [-0.39, 0.29) is 19.0 Å². The summed E-state index contributed by atoms with van der Waals surface area (Å²) in [5.74, 6) is -0.818. The minimum Gasteiger partial charge on any atom is -0.457 e. The normalized spacial score (nSPS) is 15.9. The Morgan fingerprint density at radius 3 is 2.53 bits per heavy atom. The van der Waals surface area contributed by atoms with Gasteiger partial charge in [0.25, 0.3) is 5.91 Å². The van der Waals surface area contributed by atoms with Gasteiger partial charge in [-0.1, -0.05) is 73.0 Å². The molecule has 0 spiro atoms. The third-order valence-corrected chi connectivity index (χ3v) is 6.69. The van der Waals surface area contributed by atoms with Gasteiger partial charge in [-0.25, -0.2) is 9.69 Å². The number of ketones is 1. The number of carbonyl (C=O) groups excluding carboxylic acids is 3. The van der Waals surface area contributed by atoms with Crippen LogP contribution in [0.2, 0.25) is 0 Å². The van der Waals surface area contributed by atoms with Crippen LogP contribution in [0.5, 0.6) is 0 Å². The molecule has 8 nitrogen and oxygen atoms in total. The van der Waals surface area contributed by atoms with Gasteiger partial charge in [-0.3, -0.25) is 9.59 Å². The van der Waals surface area contributed by atoms with E-state index in [2.05, 4.69) is 0 Å². The fourth-order valence-corrected chi connectivity index (χ4v) is 4.70. The molecule has 4 rings (SSSR count). The summed E-state index contributed by atoms with van der Waals surface area (Å²) in [6.07, 6.45) is 1.59. The molecule has 0 bridgehead atoms. The Morgan fingerprint density at radius 1 is 1.05 bits per heavy atom. The minimum atomic E-state index is -1.57. The highest BCUT2D eigenvalue weighted by Crippen LogP contribution is 2.32. The molecule has 1 aromatic heterocycles. The Labute approximate surface area is 222 Å². The molecule has 1 aliphatic heterocycles. The van der Waals surface area contributed by atoms with Crippen molar-refractivity contribution >= 4 is 17.8 Å². The van der Waals surface area contributed by atoms with Crippen LogP contribution in [0.4, 0.5) is 4.79 Å². The number of aliphatic hydroxyl groups is 1. The van der Waals surface area contributed by atoms with Gasteiger partial charge in [-0.15, -0.1) is 0 Å². The lowest BCUT2D eigenvalue weighted by atomic mass is 10.00. The first-order chi connectivity index (χ1) is 18.4. The maximum absolute atomic E-state index is 13.6. The summed E-state index contributed by atoms with van der Waals surface area (Å²) in [5, 5.41) is 9.03. The number of ether oxygens (including phenoxy) is 2. The number of cyclic esters (lactones) is 1. The van der Waals surface area contributed by atoms with Crippen molar-refractivity contribution in [3.8, 4) is 11.1 Å². The van der Waals surface area contributed by atoms with E-state index in [1.165, 1.54) is 7.11 Å². The number of aryl methyl sites for hydroxylation is 2. The Kier molecular flexibility index (Phi) is 9.10. The number of methoxy groups -OCH3 is 1. The molecule has 1 aliphatic rings. The number of nitrogens with zero attached hydrogens (tertiary/aromatic N) is 1. The smallest absolute Gasteiger partial charge is 0.417 e. The van der Waals surface area contributed by atoms with E-state index in [0.717, 1.165) is 52.8 Å². The Bertz CT molecular complexity index is 1270. The minimum absolute atomic E-state index is 0.00208. The van der Waals surface area contributed by atoms with E-state index in [4.69, 9.17) is 19.0 Å². The van der Waals surface area contributed by atoms with Crippen LogP contribution in [0.3, 0.4) is 0 Å². The quantitative estimate of drug-likeness (QED) is 0.197. The number of amides is 2. The van der Waals surface area contributed by atoms with Crippen LogP contribution < -0.4 is 0 Å². The summed E-state index contributed by atoms with van der Waals surface area (Å²) in [5.41, 5.74) is 3.47. The number of hydrogen-bond acceptors (Lipinski definition) is 7. The Morgan fingerprint density at radius 2 is 1.82 bits per heavy atom. The number of rotatable bonds is 12. The molecule has 38 heavy (non-hydrogen) atoms. The van der Waals surface area contributed by atoms with Crippen LogP contribution >= 0.6 is 0 Å². The number of unbranched alkanes of at least 4 members (excludes halogenated alkanes) is 3. The van der Waals surface area contributed by atoms with Gasteiger partial charge in [0.1, 0.15) is 18.4 Å². The standard InChI is InChI=1S/C30H33NO7/c1-20-11-10-14-22(17-20)23-18-26(38-25(23)15-8-3-4-9-16-32)27(33)28(36-2)29(34)31-24(19-37-30(31)35)21-12-6-5-7-13-21/h5-7,10-14,17-18,24,28,32H,3-4,8-9,15-16,19H2,1-2H3/t24-,28+/m1/s1. The summed E-state index contributed by atoms with van der Waals surface area (Å²) in [4.78, 5) is 40.5. The molecule has 1 N–H and O–H groups in total. The first-order valence-electron chi connectivity index (χ1n) is 12.9. The van der Waals surface area contributed by atoms with Crippen molar-refractivity contribution in [2.45, 2.75) is 51.2 Å². The third kappa shape index (κ3) is 6.03. The topological polar surface area (TPSA) is 106 Å². The van der Waals surface area contributed by atoms with Crippen LogP contribution in [-0.2, 0) is 20.7 Å². The van der Waals surface area contributed by atoms with Gasteiger partial charge in [-0.2, -0.15) is 0 Å². The average Bonchev–Trinajstić information content (AvgIpc) is 3.53. The molecule has 0 aliphatic carbocycles. The lowest BCUT2D eigenvalue weighted by Gasteiger charge is -2.23. The van der Waals surface area contributed by atoms with Crippen molar-refractivity contribution in [3.05, 3.63) is 83.3 Å². The maximum Gasteiger partial charge on any atom is 0.417 e. The summed E-state index contributed by atoms with van der Waals surface area (Å²) in [7, 11) is 1.26. The zero-order valence-electron chi connectivity index (χ0n) is 21.7. The van der Waals surface area contributed by atoms with Gasteiger partial charge in [0.05, 0.1) is 0 Å². The second-order valence-electron chi connectivity index (χ2n) is 9.40. The lowest BCUT2D eigenvalue weighted by Crippen LogP contribution is -2.45. The molecule has 200 valence electrons. The number of carbonyl (C=O) groups is 3. The first kappa shape index (κ1) is 27.3. The molecular formula is C30H33NO7. The monoisotopic (exact) mass is 519 g/mol. The SMILES string of the molecule is CO[C@@H](C(=O)c1cc(-c2cccc(C)c2)c(CCCCCCO)o1)C(=O)N1C(=O)OC[C@@H]1c1ccccc1. The first-order valence-corrected chi connectivity index (χ1v) is 12.9. The summed E-state index contributed by atoms with van der Waals surface area (Å²) < 4.78 is 16.5. The van der Waals surface area contributed by atoms with E-state index >= 15 is 0 Å². The van der Waals surface area contributed by atoms with Gasteiger partial charge in [0.2, 0.25) is 11.9 Å². The number of imide groups is 1. The summed E-state index contributed by atoms with van der Waals surface area (Å²) >= 11 is 0. The number of benzene rings is 2. The highest BCUT2D eigenvalue weighted by Gasteiger charge is 2.44. The second-order valence-corrected chi connectivity index (χ2v) is 9.40. The largest absolute Gasteiger partial charge is 0.457 e. The highest BCUT2D eigenvalue weighted by molar-refractivity contribution is 6.14. The predicted molar refractivity (Wildman–Crippen MR) is 141 cm³/mol. The zero-order valence-corrected chi connectivity index (χ0v) is 21.7. The van der Waals surface area contributed by atoms with Gasteiger partial charge in [0, 0.05) is 25.7 Å². The molecule has 0 unspecified atom stereocenters. The zero-order chi connectivity index (χ0) is 27.1. The number of aliphatic hydroxyl groups excluding tert-OH is 1. The van der Waals surface area contributed by atoms with Crippen molar-refractivity contribution in [3.63, 3.8) is 0 Å². The van der Waals surface area contributed by atoms with Crippen molar-refractivity contribution < 1.29 is 33.4 Å². The summed E-state index contributed by atoms with van der Waals surface area (Å²) in [6.45, 7) is 2.15. The van der Waals surface area contributed by atoms with E-state index in [1.54, 1.807) is 30.3 Å². The number of furan rings is 1. The van der Waals surface area contributed by atoms with Crippen molar-refractivity contribution in [1.29, 1.82) is 0 Å². The van der Waals surface area contributed by atoms with Gasteiger partial charge >= 0.3 is 6.09 Å². The van der Waals surface area contributed by atoms with Crippen LogP contribution in [0, 0.1) is 6.92 Å². The molecule has 8 heteroatoms. The Hall–Kier alpha value is -3.75. The van der Waals surface area contributed by atoms with E-state index in [0.29, 0.717) is 12.2 Å². The van der Waals surface area contributed by atoms with Crippen molar-refractivity contribution in [1.82, 2.24) is 4.90 Å². The second kappa shape index (κ2) is 12.7. The molecule has 2 heterocycles. The molecular weight excluding hydrogens is 486 g/mol. The van der Waals surface area contributed by atoms with E-state index < -0.39 is 29.9 Å². The molecule has 2 atom stereocenters. The molecule has 0 saturated carbocycles. The van der Waals surface area contributed by atoms with Crippen molar-refractivity contribution in [2.24, 2.45) is 0 Å². The summed E-state index contributed by atoms with van der Waals surface area (Å²) in [6, 6.07) is 17.9. The van der Waals surface area contributed by atoms with Crippen LogP contribution in [0.15, 0.2) is 65.1 Å². The van der Waals surface area contributed by atoms with Gasteiger partial charge in [-0.05, 0) is 37.0 Å².